The van der Waals surface area contributed by atoms with Crippen molar-refractivity contribution in [1.29, 1.82) is 0 Å². The van der Waals surface area contributed by atoms with Crippen molar-refractivity contribution in [2.45, 2.75) is 19.4 Å². The van der Waals surface area contributed by atoms with Crippen molar-refractivity contribution >= 4 is 44.8 Å². The van der Waals surface area contributed by atoms with Gasteiger partial charge in [0.25, 0.3) is 11.8 Å². The van der Waals surface area contributed by atoms with Crippen molar-refractivity contribution in [3.8, 4) is 0 Å². The van der Waals surface area contributed by atoms with E-state index in [-0.39, 0.29) is 11.9 Å². The number of hydrogen-bond donors (Lipinski definition) is 1. The molecule has 1 unspecified atom stereocenters. The minimum atomic E-state index is -3.39. The number of hydrogen-bond acceptors (Lipinski definition) is 4. The smallest absolute Gasteiger partial charge is 0.255 e. The fourth-order valence-corrected chi connectivity index (χ4v) is 4.88. The van der Waals surface area contributed by atoms with Crippen LogP contribution in [0.3, 0.4) is 0 Å². The summed E-state index contributed by atoms with van der Waals surface area (Å²) in [5, 5.41) is 3.04. The molecule has 1 atom stereocenters. The lowest BCUT2D eigenvalue weighted by Gasteiger charge is -2.21. The summed E-state index contributed by atoms with van der Waals surface area (Å²) in [6, 6.07) is 9.38. The first-order valence-electron chi connectivity index (χ1n) is 8.94. The molecule has 0 saturated heterocycles. The molecular weight excluding hydrogens is 414 g/mol. The summed E-state index contributed by atoms with van der Waals surface area (Å²) >= 11 is 6.18. The molecule has 3 rings (SSSR count). The van der Waals surface area contributed by atoms with Gasteiger partial charge in [-0.25, -0.2) is 8.42 Å². The number of benzene rings is 2. The first kappa shape index (κ1) is 21.1. The zero-order valence-corrected chi connectivity index (χ0v) is 18.1. The zero-order chi connectivity index (χ0) is 21.5. The van der Waals surface area contributed by atoms with Gasteiger partial charge in [-0.3, -0.25) is 13.9 Å². The van der Waals surface area contributed by atoms with E-state index in [1.54, 1.807) is 44.4 Å². The monoisotopic (exact) mass is 435 g/mol. The Morgan fingerprint density at radius 1 is 1.14 bits per heavy atom. The highest BCUT2D eigenvalue weighted by Crippen LogP contribution is 2.35. The molecule has 2 amide bonds. The van der Waals surface area contributed by atoms with Crippen LogP contribution in [0.1, 0.15) is 33.2 Å². The van der Waals surface area contributed by atoms with Gasteiger partial charge in [0, 0.05) is 31.3 Å². The second-order valence-electron chi connectivity index (χ2n) is 7.30. The molecule has 29 heavy (non-hydrogen) atoms. The quantitative estimate of drug-likeness (QED) is 0.799. The van der Waals surface area contributed by atoms with Crippen LogP contribution in [-0.2, 0) is 16.4 Å². The number of rotatable bonds is 4. The Morgan fingerprint density at radius 3 is 2.41 bits per heavy atom. The average Bonchev–Trinajstić information content (AvgIpc) is 2.97. The summed E-state index contributed by atoms with van der Waals surface area (Å²) in [4.78, 5) is 26.3. The second kappa shape index (κ2) is 7.68. The number of nitrogens with one attached hydrogen (secondary N) is 1. The molecule has 0 fully saturated rings. The van der Waals surface area contributed by atoms with Gasteiger partial charge in [0.2, 0.25) is 10.0 Å². The molecule has 2 aromatic carbocycles. The van der Waals surface area contributed by atoms with Gasteiger partial charge in [-0.1, -0.05) is 11.6 Å². The van der Waals surface area contributed by atoms with Gasteiger partial charge < -0.3 is 10.2 Å². The Bertz CT molecular complexity index is 1100. The standard InChI is InChI=1S/C20H22ClN3O4S/c1-12-9-15-10-13(6-8-18(15)24(12)29(4,27)28)19(25)22-17-11-14(5-7-16(17)21)20(26)23(2)3/h5-8,10-12H,9H2,1-4H3,(H,22,25). The summed E-state index contributed by atoms with van der Waals surface area (Å²) in [5.41, 5.74) is 2.50. The van der Waals surface area contributed by atoms with Gasteiger partial charge in [-0.05, 0) is 55.3 Å². The third-order valence-electron chi connectivity index (χ3n) is 4.72. The Kier molecular flexibility index (Phi) is 5.60. The van der Waals surface area contributed by atoms with E-state index in [9.17, 15) is 18.0 Å². The van der Waals surface area contributed by atoms with Crippen molar-refractivity contribution in [3.63, 3.8) is 0 Å². The van der Waals surface area contributed by atoms with E-state index >= 15 is 0 Å². The predicted molar refractivity (Wildman–Crippen MR) is 114 cm³/mol. The number of carbonyl (C=O) groups is 2. The molecule has 0 saturated carbocycles. The normalized spacial score (nSPS) is 15.8. The topological polar surface area (TPSA) is 86.8 Å². The molecule has 7 nitrogen and oxygen atoms in total. The van der Waals surface area contributed by atoms with Crippen molar-refractivity contribution < 1.29 is 18.0 Å². The lowest BCUT2D eigenvalue weighted by molar-refractivity contribution is 0.0827. The first-order valence-corrected chi connectivity index (χ1v) is 11.2. The molecule has 1 aliphatic rings. The van der Waals surface area contributed by atoms with E-state index < -0.39 is 15.9 Å². The van der Waals surface area contributed by atoms with Crippen LogP contribution in [0.5, 0.6) is 0 Å². The third kappa shape index (κ3) is 4.23. The number of nitrogens with zero attached hydrogens (tertiary/aromatic N) is 2. The number of anilines is 2. The van der Waals surface area contributed by atoms with Crippen LogP contribution in [0, 0.1) is 0 Å². The molecule has 0 radical (unpaired) electrons. The largest absolute Gasteiger partial charge is 0.345 e. The first-order chi connectivity index (χ1) is 13.5. The van der Waals surface area contributed by atoms with E-state index in [1.165, 1.54) is 21.5 Å². The molecule has 9 heteroatoms. The molecule has 1 heterocycles. The maximum Gasteiger partial charge on any atom is 0.255 e. The molecular formula is C20H22ClN3O4S. The van der Waals surface area contributed by atoms with Gasteiger partial charge >= 0.3 is 0 Å². The van der Waals surface area contributed by atoms with E-state index in [1.807, 2.05) is 6.92 Å². The molecule has 0 spiro atoms. The summed E-state index contributed by atoms with van der Waals surface area (Å²) in [7, 11) is -0.114. The van der Waals surface area contributed by atoms with E-state index in [0.29, 0.717) is 33.9 Å². The van der Waals surface area contributed by atoms with E-state index in [0.717, 1.165) is 5.56 Å². The molecule has 0 bridgehead atoms. The second-order valence-corrected chi connectivity index (χ2v) is 9.57. The molecule has 0 aliphatic carbocycles. The number of fused-ring (bicyclic) bond motifs is 1. The molecule has 0 aromatic heterocycles. The number of carbonyl (C=O) groups excluding carboxylic acids is 2. The van der Waals surface area contributed by atoms with E-state index in [2.05, 4.69) is 5.32 Å². The van der Waals surface area contributed by atoms with Crippen LogP contribution < -0.4 is 9.62 Å². The van der Waals surface area contributed by atoms with Crippen LogP contribution in [-0.4, -0.2) is 51.5 Å². The molecule has 154 valence electrons. The number of amides is 2. The fourth-order valence-electron chi connectivity index (χ4n) is 3.46. The van der Waals surface area contributed by atoms with Crippen molar-refractivity contribution in [3.05, 3.63) is 58.1 Å². The minimum Gasteiger partial charge on any atom is -0.345 e. The average molecular weight is 436 g/mol. The maximum absolute atomic E-state index is 12.7. The number of sulfonamides is 1. The summed E-state index contributed by atoms with van der Waals surface area (Å²) in [5.74, 6) is -0.598. The van der Waals surface area contributed by atoms with Gasteiger partial charge in [0.05, 0.1) is 22.7 Å². The molecule has 2 aromatic rings. The van der Waals surface area contributed by atoms with Crippen LogP contribution in [0.4, 0.5) is 11.4 Å². The minimum absolute atomic E-state index is 0.204. The van der Waals surface area contributed by atoms with Gasteiger partial charge in [0.15, 0.2) is 0 Å². The summed E-state index contributed by atoms with van der Waals surface area (Å²) in [6.07, 6.45) is 1.69. The van der Waals surface area contributed by atoms with Crippen LogP contribution in [0.15, 0.2) is 36.4 Å². The lowest BCUT2D eigenvalue weighted by atomic mass is 10.1. The highest BCUT2D eigenvalue weighted by atomic mass is 35.5. The predicted octanol–water partition coefficient (Wildman–Crippen LogP) is 3.00. The highest BCUT2D eigenvalue weighted by molar-refractivity contribution is 7.92. The van der Waals surface area contributed by atoms with Crippen LogP contribution >= 0.6 is 11.6 Å². The van der Waals surface area contributed by atoms with Gasteiger partial charge in [-0.15, -0.1) is 0 Å². The summed E-state index contributed by atoms with van der Waals surface area (Å²) < 4.78 is 25.5. The third-order valence-corrected chi connectivity index (χ3v) is 6.32. The zero-order valence-electron chi connectivity index (χ0n) is 16.6. The summed E-state index contributed by atoms with van der Waals surface area (Å²) in [6.45, 7) is 1.83. The van der Waals surface area contributed by atoms with Crippen molar-refractivity contribution in [1.82, 2.24) is 4.90 Å². The van der Waals surface area contributed by atoms with Crippen LogP contribution in [0.2, 0.25) is 5.02 Å². The maximum atomic E-state index is 12.7. The molecule has 1 N–H and O–H groups in total. The lowest BCUT2D eigenvalue weighted by Crippen LogP contribution is -2.34. The highest BCUT2D eigenvalue weighted by Gasteiger charge is 2.32. The Labute approximate surface area is 175 Å². The number of halogens is 1. The Hall–Kier alpha value is -2.58. The van der Waals surface area contributed by atoms with Gasteiger partial charge in [0.1, 0.15) is 0 Å². The van der Waals surface area contributed by atoms with Gasteiger partial charge in [-0.2, -0.15) is 0 Å². The Morgan fingerprint density at radius 2 is 1.79 bits per heavy atom. The van der Waals surface area contributed by atoms with Crippen LogP contribution in [0.25, 0.3) is 0 Å². The SMILES string of the molecule is CC1Cc2cc(C(=O)Nc3cc(C(=O)N(C)C)ccc3Cl)ccc2N1S(C)(=O)=O. The van der Waals surface area contributed by atoms with Crippen molar-refractivity contribution in [2.75, 3.05) is 30.0 Å². The Balaban J connectivity index is 1.87. The molecule has 1 aliphatic heterocycles. The van der Waals surface area contributed by atoms with E-state index in [4.69, 9.17) is 11.6 Å². The fraction of sp³-hybridized carbons (Fsp3) is 0.300. The van der Waals surface area contributed by atoms with Crippen molar-refractivity contribution in [2.24, 2.45) is 0 Å².